The van der Waals surface area contributed by atoms with Crippen LogP contribution in [0.15, 0.2) is 82.6 Å². The molecule has 0 aliphatic carbocycles. The van der Waals surface area contributed by atoms with Gasteiger partial charge in [-0.15, -0.1) is 23.5 Å². The fourth-order valence-electron chi connectivity index (χ4n) is 2.59. The quantitative estimate of drug-likeness (QED) is 0.466. The molecule has 0 saturated carbocycles. The zero-order valence-corrected chi connectivity index (χ0v) is 16.5. The molecule has 0 aromatic heterocycles. The van der Waals surface area contributed by atoms with Crippen molar-refractivity contribution in [3.63, 3.8) is 0 Å². The number of thioether (sulfide) groups is 2. The maximum absolute atomic E-state index is 11.3. The molecule has 28 heavy (non-hydrogen) atoms. The third-order valence-electron chi connectivity index (χ3n) is 4.05. The number of rotatable bonds is 8. The lowest BCUT2D eigenvalue weighted by atomic mass is 10.2. The lowest BCUT2D eigenvalue weighted by Gasteiger charge is -2.08. The molecule has 0 aliphatic heterocycles. The Morgan fingerprint density at radius 3 is 1.32 bits per heavy atom. The van der Waals surface area contributed by atoms with Crippen LogP contribution in [-0.2, 0) is 11.5 Å². The first kappa shape index (κ1) is 20.0. The third-order valence-corrected chi connectivity index (χ3v) is 6.34. The molecule has 0 amide bonds. The molecule has 0 heterocycles. The first-order chi connectivity index (χ1) is 13.5. The van der Waals surface area contributed by atoms with Crippen LogP contribution < -0.4 is 0 Å². The maximum atomic E-state index is 11.3. The molecule has 0 atom stereocenters. The van der Waals surface area contributed by atoms with Crippen molar-refractivity contribution in [2.24, 2.45) is 0 Å². The SMILES string of the molecule is O=C(O)c1ccccc1SCc1ccc(CSc2ccccc2C(=O)O)cc1. The summed E-state index contributed by atoms with van der Waals surface area (Å²) in [5.74, 6) is -0.478. The van der Waals surface area contributed by atoms with Crippen LogP contribution in [0.2, 0.25) is 0 Å². The second-order valence-electron chi connectivity index (χ2n) is 6.00. The molecule has 0 radical (unpaired) electrons. The van der Waals surface area contributed by atoms with E-state index in [1.807, 2.05) is 48.5 Å². The highest BCUT2D eigenvalue weighted by Gasteiger charge is 2.11. The van der Waals surface area contributed by atoms with Gasteiger partial charge in [0.1, 0.15) is 0 Å². The minimum atomic E-state index is -0.919. The summed E-state index contributed by atoms with van der Waals surface area (Å²) in [5, 5.41) is 18.5. The predicted octanol–water partition coefficient (Wildman–Crippen LogP) is 5.67. The molecular formula is C22H18O4S2. The fourth-order valence-corrected chi connectivity index (χ4v) is 4.59. The van der Waals surface area contributed by atoms with Gasteiger partial charge in [-0.05, 0) is 35.4 Å². The highest BCUT2D eigenvalue weighted by molar-refractivity contribution is 7.98. The van der Waals surface area contributed by atoms with E-state index in [1.54, 1.807) is 24.3 Å². The van der Waals surface area contributed by atoms with Crippen molar-refractivity contribution in [2.45, 2.75) is 21.3 Å². The molecule has 0 saturated heterocycles. The number of aromatic carboxylic acids is 2. The summed E-state index contributed by atoms with van der Waals surface area (Å²) in [7, 11) is 0. The lowest BCUT2D eigenvalue weighted by Crippen LogP contribution is -1.98. The fraction of sp³-hybridized carbons (Fsp3) is 0.0909. The van der Waals surface area contributed by atoms with Crippen molar-refractivity contribution in [3.05, 3.63) is 95.1 Å². The highest BCUT2D eigenvalue weighted by Crippen LogP contribution is 2.28. The van der Waals surface area contributed by atoms with Crippen molar-refractivity contribution in [3.8, 4) is 0 Å². The summed E-state index contributed by atoms with van der Waals surface area (Å²) < 4.78 is 0. The second kappa shape index (κ2) is 9.48. The van der Waals surface area contributed by atoms with Gasteiger partial charge in [0.05, 0.1) is 11.1 Å². The first-order valence-electron chi connectivity index (χ1n) is 8.52. The number of carboxylic acid groups (broad SMARTS) is 2. The van der Waals surface area contributed by atoms with E-state index in [2.05, 4.69) is 0 Å². The smallest absolute Gasteiger partial charge is 0.336 e. The van der Waals surface area contributed by atoms with Crippen LogP contribution in [0.1, 0.15) is 31.8 Å². The molecule has 4 nitrogen and oxygen atoms in total. The average Bonchev–Trinajstić information content (AvgIpc) is 2.71. The largest absolute Gasteiger partial charge is 0.478 e. The number of carbonyl (C=O) groups is 2. The molecule has 0 aliphatic rings. The number of carboxylic acids is 2. The van der Waals surface area contributed by atoms with E-state index in [0.717, 1.165) is 20.9 Å². The van der Waals surface area contributed by atoms with E-state index >= 15 is 0 Å². The van der Waals surface area contributed by atoms with Gasteiger partial charge in [0.15, 0.2) is 0 Å². The second-order valence-corrected chi connectivity index (χ2v) is 8.03. The monoisotopic (exact) mass is 410 g/mol. The van der Waals surface area contributed by atoms with E-state index in [1.165, 1.54) is 23.5 Å². The van der Waals surface area contributed by atoms with E-state index in [-0.39, 0.29) is 0 Å². The van der Waals surface area contributed by atoms with Gasteiger partial charge in [0, 0.05) is 21.3 Å². The summed E-state index contributed by atoms with van der Waals surface area (Å²) in [5.41, 5.74) is 2.84. The molecule has 0 spiro atoms. The maximum Gasteiger partial charge on any atom is 0.336 e. The summed E-state index contributed by atoms with van der Waals surface area (Å²) in [6.45, 7) is 0. The number of hydrogen-bond donors (Lipinski definition) is 2. The van der Waals surface area contributed by atoms with Gasteiger partial charge in [0.25, 0.3) is 0 Å². The third kappa shape index (κ3) is 5.18. The molecule has 0 bridgehead atoms. The van der Waals surface area contributed by atoms with Gasteiger partial charge in [-0.25, -0.2) is 9.59 Å². The molecule has 6 heteroatoms. The summed E-state index contributed by atoms with van der Waals surface area (Å²) in [6.07, 6.45) is 0. The van der Waals surface area contributed by atoms with Crippen molar-refractivity contribution in [1.29, 1.82) is 0 Å². The van der Waals surface area contributed by atoms with Crippen molar-refractivity contribution >= 4 is 35.5 Å². The Morgan fingerprint density at radius 2 is 0.964 bits per heavy atom. The topological polar surface area (TPSA) is 74.6 Å². The molecule has 3 aromatic carbocycles. The molecule has 2 N–H and O–H groups in total. The van der Waals surface area contributed by atoms with Crippen LogP contribution in [0.5, 0.6) is 0 Å². The first-order valence-corrected chi connectivity index (χ1v) is 10.5. The van der Waals surface area contributed by atoms with Crippen molar-refractivity contribution in [1.82, 2.24) is 0 Å². The van der Waals surface area contributed by atoms with Gasteiger partial charge >= 0.3 is 11.9 Å². The Morgan fingerprint density at radius 1 is 0.607 bits per heavy atom. The molecule has 3 rings (SSSR count). The number of hydrogen-bond acceptors (Lipinski definition) is 4. The Bertz CT molecular complexity index is 903. The molecule has 0 fully saturated rings. The van der Waals surface area contributed by atoms with E-state index in [0.29, 0.717) is 22.6 Å². The molecule has 3 aromatic rings. The standard InChI is InChI=1S/C22H18O4S2/c23-21(24)17-5-1-3-7-19(17)27-13-15-9-11-16(12-10-15)14-28-20-8-4-2-6-18(20)22(25)26/h1-12H,13-14H2,(H,23,24)(H,25,26). The van der Waals surface area contributed by atoms with Gasteiger partial charge in [0.2, 0.25) is 0 Å². The van der Waals surface area contributed by atoms with Crippen LogP contribution in [-0.4, -0.2) is 22.2 Å². The minimum absolute atomic E-state index is 0.317. The van der Waals surface area contributed by atoms with Crippen LogP contribution in [0.4, 0.5) is 0 Å². The molecule has 142 valence electrons. The average molecular weight is 411 g/mol. The number of benzene rings is 3. The Kier molecular flexibility index (Phi) is 6.79. The van der Waals surface area contributed by atoms with Crippen molar-refractivity contribution in [2.75, 3.05) is 0 Å². The van der Waals surface area contributed by atoms with Crippen LogP contribution in [0, 0.1) is 0 Å². The minimum Gasteiger partial charge on any atom is -0.478 e. The van der Waals surface area contributed by atoms with Gasteiger partial charge < -0.3 is 10.2 Å². The zero-order valence-electron chi connectivity index (χ0n) is 14.9. The van der Waals surface area contributed by atoms with Crippen LogP contribution >= 0.6 is 23.5 Å². The van der Waals surface area contributed by atoms with E-state index in [4.69, 9.17) is 0 Å². The summed E-state index contributed by atoms with van der Waals surface area (Å²) in [6, 6.07) is 22.1. The van der Waals surface area contributed by atoms with Gasteiger partial charge in [-0.2, -0.15) is 0 Å². The lowest BCUT2D eigenvalue weighted by molar-refractivity contribution is 0.0682. The Balaban J connectivity index is 1.60. The van der Waals surface area contributed by atoms with E-state index in [9.17, 15) is 19.8 Å². The zero-order chi connectivity index (χ0) is 19.9. The van der Waals surface area contributed by atoms with Gasteiger partial charge in [-0.3, -0.25) is 0 Å². The molecule has 0 unspecified atom stereocenters. The molecular weight excluding hydrogens is 392 g/mol. The predicted molar refractivity (Wildman–Crippen MR) is 112 cm³/mol. The Hall–Kier alpha value is -2.70. The Labute approximate surface area is 171 Å². The van der Waals surface area contributed by atoms with Gasteiger partial charge in [-0.1, -0.05) is 48.5 Å². The summed E-state index contributed by atoms with van der Waals surface area (Å²) in [4.78, 5) is 24.1. The van der Waals surface area contributed by atoms with Crippen LogP contribution in [0.25, 0.3) is 0 Å². The van der Waals surface area contributed by atoms with Crippen LogP contribution in [0.3, 0.4) is 0 Å². The van der Waals surface area contributed by atoms with E-state index < -0.39 is 11.9 Å². The summed E-state index contributed by atoms with van der Waals surface area (Å²) >= 11 is 3.00. The van der Waals surface area contributed by atoms with Crippen molar-refractivity contribution < 1.29 is 19.8 Å². The highest BCUT2D eigenvalue weighted by atomic mass is 32.2. The normalized spacial score (nSPS) is 10.6.